The highest BCUT2D eigenvalue weighted by atomic mass is 16.5. The van der Waals surface area contributed by atoms with Crippen molar-refractivity contribution in [2.24, 2.45) is 0 Å². The van der Waals surface area contributed by atoms with Gasteiger partial charge in [0.2, 0.25) is 0 Å². The number of carbonyl (C=O) groups is 1. The summed E-state index contributed by atoms with van der Waals surface area (Å²) in [7, 11) is 1.67. The maximum Gasteiger partial charge on any atom is 0.258 e. The van der Waals surface area contributed by atoms with Crippen LogP contribution >= 0.6 is 0 Å². The number of hydrogen-bond acceptors (Lipinski definition) is 3. The summed E-state index contributed by atoms with van der Waals surface area (Å²) >= 11 is 0. The molecule has 4 rings (SSSR count). The minimum atomic E-state index is 0.0449. The molecular formula is C24H24N2O2. The van der Waals surface area contributed by atoms with Crippen molar-refractivity contribution in [3.05, 3.63) is 90.0 Å². The Labute approximate surface area is 165 Å². The van der Waals surface area contributed by atoms with Gasteiger partial charge in [0.15, 0.2) is 0 Å². The minimum absolute atomic E-state index is 0.0449. The third-order valence-electron chi connectivity index (χ3n) is 5.26. The maximum atomic E-state index is 13.2. The Kier molecular flexibility index (Phi) is 5.02. The Balaban J connectivity index is 1.65. The predicted molar refractivity (Wildman–Crippen MR) is 113 cm³/mol. The molecule has 142 valence electrons. The van der Waals surface area contributed by atoms with E-state index in [1.165, 1.54) is 0 Å². The number of rotatable bonds is 4. The van der Waals surface area contributed by atoms with Gasteiger partial charge in [-0.1, -0.05) is 36.4 Å². The first kappa shape index (κ1) is 18.1. The molecular weight excluding hydrogens is 348 g/mol. The predicted octanol–water partition coefficient (Wildman–Crippen LogP) is 5.29. The molecule has 4 nitrogen and oxygen atoms in total. The molecule has 2 atom stereocenters. The van der Waals surface area contributed by atoms with Crippen LogP contribution in [0.5, 0.6) is 5.75 Å². The number of ether oxygens (including phenoxy) is 1. The Morgan fingerprint density at radius 2 is 1.64 bits per heavy atom. The quantitative estimate of drug-likeness (QED) is 0.677. The van der Waals surface area contributed by atoms with E-state index in [-0.39, 0.29) is 18.0 Å². The number of hydrogen-bond donors (Lipinski definition) is 1. The van der Waals surface area contributed by atoms with Crippen molar-refractivity contribution in [1.82, 2.24) is 0 Å². The molecule has 4 heteroatoms. The lowest BCUT2D eigenvalue weighted by Gasteiger charge is -2.40. The fourth-order valence-corrected chi connectivity index (χ4v) is 3.87. The lowest BCUT2D eigenvalue weighted by atomic mass is 9.90. The van der Waals surface area contributed by atoms with Crippen LogP contribution in [0.25, 0.3) is 0 Å². The molecule has 0 bridgehead atoms. The number of nitrogens with one attached hydrogen (secondary N) is 1. The molecule has 0 aromatic heterocycles. The highest BCUT2D eigenvalue weighted by molar-refractivity contribution is 6.07. The van der Waals surface area contributed by atoms with E-state index < -0.39 is 0 Å². The van der Waals surface area contributed by atoms with Crippen LogP contribution in [0.1, 0.15) is 35.3 Å². The standard InChI is InChI=1S/C24H24N2O2/c1-17-16-22(25-19-12-14-20(28-2)15-13-19)21-10-6-7-11-23(21)26(17)24(27)18-8-4-3-5-9-18/h3-15,17,22,25H,16H2,1-2H3/t17-,22-/m0/s1. The second-order valence-corrected chi connectivity index (χ2v) is 7.11. The van der Waals surface area contributed by atoms with Crippen molar-refractivity contribution in [3.63, 3.8) is 0 Å². The number of carbonyl (C=O) groups excluding carboxylic acids is 1. The summed E-state index contributed by atoms with van der Waals surface area (Å²) in [6.45, 7) is 2.11. The first-order chi connectivity index (χ1) is 13.7. The van der Waals surface area contributed by atoms with Crippen molar-refractivity contribution >= 4 is 17.3 Å². The summed E-state index contributed by atoms with van der Waals surface area (Å²) in [5.74, 6) is 0.881. The third kappa shape index (κ3) is 3.46. The van der Waals surface area contributed by atoms with Crippen LogP contribution in [0.3, 0.4) is 0 Å². The second kappa shape index (κ2) is 7.77. The van der Waals surface area contributed by atoms with Crippen LogP contribution in [0.15, 0.2) is 78.9 Å². The molecule has 28 heavy (non-hydrogen) atoms. The summed E-state index contributed by atoms with van der Waals surface area (Å²) < 4.78 is 5.24. The number of benzene rings is 3. The molecule has 1 aliphatic heterocycles. The zero-order valence-electron chi connectivity index (χ0n) is 16.1. The number of amides is 1. The van der Waals surface area contributed by atoms with Crippen LogP contribution in [-0.2, 0) is 0 Å². The van der Waals surface area contributed by atoms with Crippen molar-refractivity contribution < 1.29 is 9.53 Å². The third-order valence-corrected chi connectivity index (χ3v) is 5.26. The van der Waals surface area contributed by atoms with E-state index in [1.807, 2.05) is 77.7 Å². The van der Waals surface area contributed by atoms with Crippen LogP contribution in [0.2, 0.25) is 0 Å². The number of para-hydroxylation sites is 1. The number of fused-ring (bicyclic) bond motifs is 1. The Morgan fingerprint density at radius 3 is 2.36 bits per heavy atom. The summed E-state index contributed by atoms with van der Waals surface area (Å²) in [5.41, 5.74) is 3.86. The maximum absolute atomic E-state index is 13.2. The topological polar surface area (TPSA) is 41.6 Å². The van der Waals surface area contributed by atoms with Gasteiger partial charge >= 0.3 is 0 Å². The van der Waals surface area contributed by atoms with Gasteiger partial charge in [0.25, 0.3) is 5.91 Å². The van der Waals surface area contributed by atoms with Gasteiger partial charge in [-0.25, -0.2) is 0 Å². The first-order valence-corrected chi connectivity index (χ1v) is 9.55. The van der Waals surface area contributed by atoms with Gasteiger partial charge in [0, 0.05) is 23.0 Å². The largest absolute Gasteiger partial charge is 0.497 e. The molecule has 0 radical (unpaired) electrons. The molecule has 1 amide bonds. The molecule has 0 saturated carbocycles. The van der Waals surface area contributed by atoms with Crippen molar-refractivity contribution in [2.75, 3.05) is 17.3 Å². The molecule has 1 aliphatic rings. The molecule has 1 heterocycles. The van der Waals surface area contributed by atoms with Gasteiger partial charge in [-0.3, -0.25) is 4.79 Å². The number of methoxy groups -OCH3 is 1. The molecule has 0 spiro atoms. The van der Waals surface area contributed by atoms with E-state index in [0.717, 1.165) is 29.1 Å². The normalized spacial score (nSPS) is 18.3. The highest BCUT2D eigenvalue weighted by Crippen LogP contribution is 2.39. The van der Waals surface area contributed by atoms with E-state index >= 15 is 0 Å². The van der Waals surface area contributed by atoms with Gasteiger partial charge in [0.05, 0.1) is 13.2 Å². The highest BCUT2D eigenvalue weighted by Gasteiger charge is 2.33. The van der Waals surface area contributed by atoms with E-state index in [0.29, 0.717) is 5.56 Å². The summed E-state index contributed by atoms with van der Waals surface area (Å²) in [5, 5.41) is 3.62. The first-order valence-electron chi connectivity index (χ1n) is 9.55. The van der Waals surface area contributed by atoms with Crippen LogP contribution in [-0.4, -0.2) is 19.1 Å². The van der Waals surface area contributed by atoms with Crippen LogP contribution in [0, 0.1) is 0 Å². The fraction of sp³-hybridized carbons (Fsp3) is 0.208. The van der Waals surface area contributed by atoms with Crippen molar-refractivity contribution in [3.8, 4) is 5.75 Å². The zero-order chi connectivity index (χ0) is 19.5. The summed E-state index contributed by atoms with van der Waals surface area (Å²) in [4.78, 5) is 15.1. The summed E-state index contributed by atoms with van der Waals surface area (Å²) in [6, 6.07) is 25.8. The van der Waals surface area contributed by atoms with E-state index in [4.69, 9.17) is 4.74 Å². The zero-order valence-corrected chi connectivity index (χ0v) is 16.1. The number of anilines is 2. The van der Waals surface area contributed by atoms with Crippen LogP contribution in [0.4, 0.5) is 11.4 Å². The van der Waals surface area contributed by atoms with E-state index in [1.54, 1.807) is 7.11 Å². The van der Waals surface area contributed by atoms with Gasteiger partial charge in [-0.2, -0.15) is 0 Å². The van der Waals surface area contributed by atoms with Crippen molar-refractivity contribution in [2.45, 2.75) is 25.4 Å². The van der Waals surface area contributed by atoms with Gasteiger partial charge < -0.3 is 15.0 Å². The Morgan fingerprint density at radius 1 is 0.964 bits per heavy atom. The monoisotopic (exact) mass is 372 g/mol. The lowest BCUT2D eigenvalue weighted by molar-refractivity contribution is 0.0974. The van der Waals surface area contributed by atoms with Crippen molar-refractivity contribution in [1.29, 1.82) is 0 Å². The molecule has 0 saturated heterocycles. The summed E-state index contributed by atoms with van der Waals surface area (Å²) in [6.07, 6.45) is 0.835. The molecule has 3 aromatic carbocycles. The SMILES string of the molecule is COc1ccc(N[C@H]2C[C@H](C)N(C(=O)c3ccccc3)c3ccccc32)cc1. The lowest BCUT2D eigenvalue weighted by Crippen LogP contribution is -2.44. The van der Waals surface area contributed by atoms with Crippen LogP contribution < -0.4 is 15.0 Å². The molecule has 0 unspecified atom stereocenters. The van der Waals surface area contributed by atoms with E-state index in [2.05, 4.69) is 18.3 Å². The van der Waals surface area contributed by atoms with Gasteiger partial charge in [-0.05, 0) is 61.4 Å². The molecule has 1 N–H and O–H groups in total. The fourth-order valence-electron chi connectivity index (χ4n) is 3.87. The van der Waals surface area contributed by atoms with Gasteiger partial charge in [-0.15, -0.1) is 0 Å². The Bertz CT molecular complexity index is 954. The Hall–Kier alpha value is -3.27. The number of nitrogens with zero attached hydrogens (tertiary/aromatic N) is 1. The molecule has 3 aromatic rings. The van der Waals surface area contributed by atoms with E-state index in [9.17, 15) is 4.79 Å². The molecule has 0 fully saturated rings. The second-order valence-electron chi connectivity index (χ2n) is 7.11. The average molecular weight is 372 g/mol. The van der Waals surface area contributed by atoms with Gasteiger partial charge in [0.1, 0.15) is 5.75 Å². The minimum Gasteiger partial charge on any atom is -0.497 e. The smallest absolute Gasteiger partial charge is 0.258 e. The average Bonchev–Trinajstić information content (AvgIpc) is 2.75. The molecule has 0 aliphatic carbocycles.